The van der Waals surface area contributed by atoms with Crippen LogP contribution in [0.5, 0.6) is 5.75 Å². The highest BCUT2D eigenvalue weighted by Gasteiger charge is 2.13. The molecule has 0 bridgehead atoms. The summed E-state index contributed by atoms with van der Waals surface area (Å²) < 4.78 is 7.46. The van der Waals surface area contributed by atoms with Gasteiger partial charge >= 0.3 is 5.97 Å². The molecule has 0 saturated heterocycles. The molecule has 1 heterocycles. The van der Waals surface area contributed by atoms with E-state index in [1.165, 1.54) is 0 Å². The molecule has 0 aliphatic heterocycles. The van der Waals surface area contributed by atoms with E-state index in [1.807, 2.05) is 54.1 Å². The molecule has 1 aromatic heterocycles. The largest absolute Gasteiger partial charge is 0.423 e. The van der Waals surface area contributed by atoms with Crippen LogP contribution < -0.4 is 4.74 Å². The zero-order valence-electron chi connectivity index (χ0n) is 12.6. The van der Waals surface area contributed by atoms with Gasteiger partial charge in [-0.15, -0.1) is 0 Å². The first-order valence-electron chi connectivity index (χ1n) is 7.33. The number of aryl methyl sites for hydroxylation is 1. The minimum absolute atomic E-state index is 0.364. The lowest BCUT2D eigenvalue weighted by Gasteiger charge is -2.07. The average Bonchev–Trinajstić information content (AvgIpc) is 2.95. The zero-order valence-corrected chi connectivity index (χ0v) is 12.6. The van der Waals surface area contributed by atoms with Crippen molar-refractivity contribution in [3.05, 3.63) is 72.6 Å². The Labute approximate surface area is 132 Å². The Hall–Kier alpha value is -3.14. The highest BCUT2D eigenvalue weighted by atomic mass is 16.5. The predicted molar refractivity (Wildman–Crippen MR) is 89.6 cm³/mol. The third-order valence-corrected chi connectivity index (χ3v) is 3.92. The van der Waals surface area contributed by atoms with E-state index >= 15 is 0 Å². The van der Waals surface area contributed by atoms with Crippen LogP contribution in [0.4, 0.5) is 0 Å². The Kier molecular flexibility index (Phi) is 3.08. The lowest BCUT2D eigenvalue weighted by atomic mass is 10.0. The van der Waals surface area contributed by atoms with E-state index in [2.05, 4.69) is 4.98 Å². The van der Waals surface area contributed by atoms with Gasteiger partial charge in [0.05, 0.1) is 22.9 Å². The minimum Gasteiger partial charge on any atom is -0.423 e. The number of nitrogens with zero attached hydrogens (tertiary/aromatic N) is 2. The predicted octanol–water partition coefficient (Wildman–Crippen LogP) is 3.95. The Morgan fingerprint density at radius 1 is 1.04 bits per heavy atom. The number of aromatic nitrogens is 2. The smallest absolute Gasteiger partial charge is 0.344 e. The Bertz CT molecular complexity index is 1030. The van der Waals surface area contributed by atoms with Crippen molar-refractivity contribution in [3.63, 3.8) is 0 Å². The molecule has 0 aliphatic carbocycles. The second-order valence-electron chi connectivity index (χ2n) is 5.42. The average molecular weight is 302 g/mol. The normalized spacial score (nSPS) is 11.0. The number of imidazole rings is 1. The highest BCUT2D eigenvalue weighted by molar-refractivity contribution is 6.05. The standard InChI is InChI=1S/C19H14N2O2/c1-21-12-20-17-11-14(9-10-18(17)21)23-19(22)16-8-4-6-13-5-2-3-7-15(13)16/h2-12H,1H3. The fourth-order valence-electron chi connectivity index (χ4n) is 2.74. The van der Waals surface area contributed by atoms with Crippen molar-refractivity contribution in [1.82, 2.24) is 9.55 Å². The van der Waals surface area contributed by atoms with Crippen LogP contribution in [0.15, 0.2) is 67.0 Å². The summed E-state index contributed by atoms with van der Waals surface area (Å²) in [5, 5.41) is 1.90. The summed E-state index contributed by atoms with van der Waals surface area (Å²) in [5.41, 5.74) is 2.36. The monoisotopic (exact) mass is 302 g/mol. The van der Waals surface area contributed by atoms with E-state index in [9.17, 15) is 4.79 Å². The molecule has 3 aromatic carbocycles. The second-order valence-corrected chi connectivity index (χ2v) is 5.42. The SMILES string of the molecule is Cn1cnc2cc(OC(=O)c3cccc4ccccc34)ccc21. The first-order chi connectivity index (χ1) is 11.2. The Morgan fingerprint density at radius 3 is 2.78 bits per heavy atom. The molecular weight excluding hydrogens is 288 g/mol. The topological polar surface area (TPSA) is 44.1 Å². The number of ether oxygens (including phenoxy) is 1. The molecule has 0 saturated carbocycles. The van der Waals surface area contributed by atoms with E-state index in [0.717, 1.165) is 21.8 Å². The van der Waals surface area contributed by atoms with Gasteiger partial charge in [0.1, 0.15) is 5.75 Å². The number of carbonyl (C=O) groups excluding carboxylic acids is 1. The summed E-state index contributed by atoms with van der Waals surface area (Å²) >= 11 is 0. The number of carbonyl (C=O) groups is 1. The maximum absolute atomic E-state index is 12.5. The van der Waals surface area contributed by atoms with Crippen LogP contribution in [0.25, 0.3) is 21.8 Å². The molecule has 4 aromatic rings. The van der Waals surface area contributed by atoms with Crippen molar-refractivity contribution in [3.8, 4) is 5.75 Å². The van der Waals surface area contributed by atoms with Crippen LogP contribution in [-0.2, 0) is 7.05 Å². The summed E-state index contributed by atoms with van der Waals surface area (Å²) in [6.45, 7) is 0. The van der Waals surface area contributed by atoms with Crippen LogP contribution in [0.2, 0.25) is 0 Å². The summed E-state index contributed by atoms with van der Waals surface area (Å²) in [4.78, 5) is 16.8. The van der Waals surface area contributed by atoms with Crippen molar-refractivity contribution < 1.29 is 9.53 Å². The first-order valence-corrected chi connectivity index (χ1v) is 7.33. The van der Waals surface area contributed by atoms with Crippen LogP contribution in [0.1, 0.15) is 10.4 Å². The van der Waals surface area contributed by atoms with Crippen LogP contribution in [0.3, 0.4) is 0 Å². The van der Waals surface area contributed by atoms with E-state index in [-0.39, 0.29) is 5.97 Å². The Balaban J connectivity index is 1.70. The molecule has 4 nitrogen and oxygen atoms in total. The van der Waals surface area contributed by atoms with E-state index in [0.29, 0.717) is 11.3 Å². The van der Waals surface area contributed by atoms with Gasteiger partial charge in [-0.3, -0.25) is 0 Å². The molecule has 112 valence electrons. The van der Waals surface area contributed by atoms with E-state index < -0.39 is 0 Å². The van der Waals surface area contributed by atoms with Gasteiger partial charge in [0.2, 0.25) is 0 Å². The summed E-state index contributed by atoms with van der Waals surface area (Å²) in [5.74, 6) is 0.131. The molecule has 23 heavy (non-hydrogen) atoms. The number of hydrogen-bond acceptors (Lipinski definition) is 3. The molecule has 4 heteroatoms. The third-order valence-electron chi connectivity index (χ3n) is 3.92. The first kappa shape index (κ1) is 13.5. The number of hydrogen-bond donors (Lipinski definition) is 0. The van der Waals surface area contributed by atoms with Crippen molar-refractivity contribution >= 4 is 27.8 Å². The summed E-state index contributed by atoms with van der Waals surface area (Å²) in [7, 11) is 1.93. The Morgan fingerprint density at radius 2 is 1.87 bits per heavy atom. The fraction of sp³-hybridized carbons (Fsp3) is 0.0526. The minimum atomic E-state index is -0.364. The van der Waals surface area contributed by atoms with E-state index in [1.54, 1.807) is 24.5 Å². The summed E-state index contributed by atoms with van der Waals surface area (Å²) in [6.07, 6.45) is 1.74. The number of benzene rings is 3. The fourth-order valence-corrected chi connectivity index (χ4v) is 2.74. The van der Waals surface area contributed by atoms with Gasteiger partial charge in [-0.05, 0) is 29.0 Å². The molecule has 0 N–H and O–H groups in total. The van der Waals surface area contributed by atoms with Crippen molar-refractivity contribution in [2.24, 2.45) is 7.05 Å². The van der Waals surface area contributed by atoms with Crippen molar-refractivity contribution in [1.29, 1.82) is 0 Å². The van der Waals surface area contributed by atoms with Gasteiger partial charge in [0.25, 0.3) is 0 Å². The van der Waals surface area contributed by atoms with Gasteiger partial charge < -0.3 is 9.30 Å². The van der Waals surface area contributed by atoms with Gasteiger partial charge in [0, 0.05) is 13.1 Å². The molecule has 0 radical (unpaired) electrons. The van der Waals surface area contributed by atoms with E-state index in [4.69, 9.17) is 4.74 Å². The van der Waals surface area contributed by atoms with Gasteiger partial charge in [0.15, 0.2) is 0 Å². The van der Waals surface area contributed by atoms with Crippen molar-refractivity contribution in [2.45, 2.75) is 0 Å². The van der Waals surface area contributed by atoms with Gasteiger partial charge in [-0.2, -0.15) is 0 Å². The number of esters is 1. The molecule has 0 fully saturated rings. The lowest BCUT2D eigenvalue weighted by molar-refractivity contribution is 0.0737. The quantitative estimate of drug-likeness (QED) is 0.416. The lowest BCUT2D eigenvalue weighted by Crippen LogP contribution is -2.09. The van der Waals surface area contributed by atoms with Gasteiger partial charge in [-0.1, -0.05) is 36.4 Å². The van der Waals surface area contributed by atoms with Gasteiger partial charge in [-0.25, -0.2) is 9.78 Å². The highest BCUT2D eigenvalue weighted by Crippen LogP contribution is 2.23. The second kappa shape index (κ2) is 5.25. The number of rotatable bonds is 2. The summed E-state index contributed by atoms with van der Waals surface area (Å²) in [6, 6.07) is 18.8. The zero-order chi connectivity index (χ0) is 15.8. The molecule has 0 amide bonds. The molecule has 4 rings (SSSR count). The molecule has 0 spiro atoms. The van der Waals surface area contributed by atoms with Crippen LogP contribution in [0, 0.1) is 0 Å². The van der Waals surface area contributed by atoms with Crippen LogP contribution >= 0.6 is 0 Å². The maximum atomic E-state index is 12.5. The third kappa shape index (κ3) is 2.34. The molecule has 0 atom stereocenters. The molecule has 0 aliphatic rings. The molecule has 0 unspecified atom stereocenters. The van der Waals surface area contributed by atoms with Crippen LogP contribution in [-0.4, -0.2) is 15.5 Å². The molecular formula is C19H14N2O2. The maximum Gasteiger partial charge on any atom is 0.344 e. The van der Waals surface area contributed by atoms with Crippen molar-refractivity contribution in [2.75, 3.05) is 0 Å². The number of fused-ring (bicyclic) bond motifs is 2.